The Bertz CT molecular complexity index is 646. The molecule has 3 rings (SSSR count). The lowest BCUT2D eigenvalue weighted by molar-refractivity contribution is -0.0941. The van der Waals surface area contributed by atoms with E-state index in [1.807, 2.05) is 12.2 Å². The summed E-state index contributed by atoms with van der Waals surface area (Å²) in [6.07, 6.45) is 5.50. The summed E-state index contributed by atoms with van der Waals surface area (Å²) in [4.78, 5) is 0. The molecule has 0 aromatic carbocycles. The maximum Gasteiger partial charge on any atom is 0.412 e. The van der Waals surface area contributed by atoms with Gasteiger partial charge in [0.05, 0.1) is 0 Å². The molecule has 2 N–H and O–H groups in total. The van der Waals surface area contributed by atoms with Gasteiger partial charge in [-0.25, -0.2) is 0 Å². The highest BCUT2D eigenvalue weighted by molar-refractivity contribution is 5.48. The fraction of sp³-hybridized carbons (Fsp3) is 0.444. The van der Waals surface area contributed by atoms with E-state index in [1.165, 1.54) is 11.6 Å². The summed E-state index contributed by atoms with van der Waals surface area (Å²) in [6, 6.07) is 0. The highest BCUT2D eigenvalue weighted by Gasteiger charge is 2.35. The Hall–Kier alpha value is -1.59. The Morgan fingerprint density at radius 1 is 1.04 bits per heavy atom. The van der Waals surface area contributed by atoms with Crippen LogP contribution in [0.3, 0.4) is 0 Å². The minimum Gasteiger partial charge on any atom is -0.365 e. The van der Waals surface area contributed by atoms with Crippen LogP contribution < -0.4 is 0 Å². The van der Waals surface area contributed by atoms with Crippen molar-refractivity contribution in [2.75, 3.05) is 0 Å². The van der Waals surface area contributed by atoms with Crippen LogP contribution in [0.1, 0.15) is 32.1 Å². The molecule has 3 aliphatic carbocycles. The third-order valence-corrected chi connectivity index (χ3v) is 4.81. The van der Waals surface area contributed by atoms with E-state index in [9.17, 15) is 23.4 Å². The van der Waals surface area contributed by atoms with Crippen molar-refractivity contribution in [2.24, 2.45) is 5.92 Å². The zero-order valence-corrected chi connectivity index (χ0v) is 12.6. The normalized spacial score (nSPS) is 25.1. The lowest BCUT2D eigenvalue weighted by atomic mass is 9.74. The third kappa shape index (κ3) is 3.35. The number of hydrogen-bond acceptors (Lipinski definition) is 2. The number of halogens is 3. The molecule has 0 heterocycles. The Morgan fingerprint density at radius 3 is 2.43 bits per heavy atom. The first-order chi connectivity index (χ1) is 10.9. The summed E-state index contributed by atoms with van der Waals surface area (Å²) in [6.45, 7) is 0. The van der Waals surface area contributed by atoms with Gasteiger partial charge in [-0.2, -0.15) is 13.2 Å². The minimum atomic E-state index is -4.24. The largest absolute Gasteiger partial charge is 0.412 e. The van der Waals surface area contributed by atoms with Gasteiger partial charge in [0, 0.05) is 11.5 Å². The molecule has 1 atom stereocenters. The van der Waals surface area contributed by atoms with Crippen molar-refractivity contribution in [3.8, 4) is 0 Å². The number of hydrogen-bond donors (Lipinski definition) is 2. The smallest absolute Gasteiger partial charge is 0.365 e. The Morgan fingerprint density at radius 2 is 1.83 bits per heavy atom. The molecule has 0 aromatic heterocycles. The van der Waals surface area contributed by atoms with Crippen LogP contribution >= 0.6 is 0 Å². The Balaban J connectivity index is 1.87. The van der Waals surface area contributed by atoms with Gasteiger partial charge in [-0.05, 0) is 43.3 Å². The fourth-order valence-electron chi connectivity index (χ4n) is 3.55. The molecule has 23 heavy (non-hydrogen) atoms. The minimum absolute atomic E-state index is 0.0363. The lowest BCUT2D eigenvalue weighted by Gasteiger charge is -2.31. The molecule has 0 fully saturated rings. The maximum absolute atomic E-state index is 12.7. The molecule has 5 heteroatoms. The predicted molar refractivity (Wildman–Crippen MR) is 81.3 cm³/mol. The second-order valence-electron chi connectivity index (χ2n) is 6.20. The van der Waals surface area contributed by atoms with Gasteiger partial charge in [0.15, 0.2) is 6.29 Å². The SMILES string of the molecule is OC(O)C1=CC2=C(CC1)C(C1=CC=C(C(F)(F)F)CC1)CC=C2. The van der Waals surface area contributed by atoms with Gasteiger partial charge in [0.2, 0.25) is 0 Å². The molecular weight excluding hydrogens is 305 g/mol. The van der Waals surface area contributed by atoms with Crippen LogP contribution in [0.2, 0.25) is 0 Å². The van der Waals surface area contributed by atoms with Crippen molar-refractivity contribution in [3.05, 3.63) is 58.2 Å². The van der Waals surface area contributed by atoms with Gasteiger partial charge in [-0.15, -0.1) is 0 Å². The van der Waals surface area contributed by atoms with Crippen molar-refractivity contribution in [1.29, 1.82) is 0 Å². The van der Waals surface area contributed by atoms with Gasteiger partial charge >= 0.3 is 6.18 Å². The Kier molecular flexibility index (Phi) is 4.34. The highest BCUT2D eigenvalue weighted by Crippen LogP contribution is 2.42. The van der Waals surface area contributed by atoms with Crippen LogP contribution in [-0.2, 0) is 0 Å². The number of rotatable bonds is 2. The summed E-state index contributed by atoms with van der Waals surface area (Å²) >= 11 is 0. The van der Waals surface area contributed by atoms with Crippen molar-refractivity contribution in [1.82, 2.24) is 0 Å². The molecule has 0 spiro atoms. The quantitative estimate of drug-likeness (QED) is 0.751. The highest BCUT2D eigenvalue weighted by atomic mass is 19.4. The van der Waals surface area contributed by atoms with Crippen LogP contribution in [0, 0.1) is 5.92 Å². The van der Waals surface area contributed by atoms with Crippen molar-refractivity contribution < 1.29 is 23.4 Å². The maximum atomic E-state index is 12.7. The van der Waals surface area contributed by atoms with Gasteiger partial charge in [0.25, 0.3) is 0 Å². The van der Waals surface area contributed by atoms with E-state index in [2.05, 4.69) is 0 Å². The Labute approximate surface area is 133 Å². The van der Waals surface area contributed by atoms with Crippen molar-refractivity contribution in [3.63, 3.8) is 0 Å². The second kappa shape index (κ2) is 6.13. The molecule has 3 aliphatic rings. The number of aliphatic hydroxyl groups is 2. The summed E-state index contributed by atoms with van der Waals surface area (Å²) in [5.41, 5.74) is 3.34. The second-order valence-corrected chi connectivity index (χ2v) is 6.20. The zero-order chi connectivity index (χ0) is 16.6. The van der Waals surface area contributed by atoms with Crippen LogP contribution in [0.5, 0.6) is 0 Å². The average molecular weight is 324 g/mol. The van der Waals surface area contributed by atoms with E-state index >= 15 is 0 Å². The summed E-state index contributed by atoms with van der Waals surface area (Å²) < 4.78 is 38.2. The lowest BCUT2D eigenvalue weighted by Crippen LogP contribution is -2.20. The monoisotopic (exact) mass is 324 g/mol. The molecule has 0 radical (unpaired) electrons. The van der Waals surface area contributed by atoms with Gasteiger partial charge in [0.1, 0.15) is 0 Å². The molecule has 0 bridgehead atoms. The fourth-order valence-corrected chi connectivity index (χ4v) is 3.55. The van der Waals surface area contributed by atoms with E-state index in [4.69, 9.17) is 0 Å². The predicted octanol–water partition coefficient (Wildman–Crippen LogP) is 4.10. The van der Waals surface area contributed by atoms with Crippen molar-refractivity contribution >= 4 is 0 Å². The standard InChI is InChI=1S/C18H19F3O2/c19-18(20,21)14-7-4-11(5-8-14)15-3-1-2-12-10-13(17(22)23)6-9-16(12)15/h1-2,4,7,10,15,17,22-23H,3,5-6,8-9H2. The summed E-state index contributed by atoms with van der Waals surface area (Å²) in [7, 11) is 0. The topological polar surface area (TPSA) is 40.5 Å². The first-order valence-electron chi connectivity index (χ1n) is 7.79. The average Bonchev–Trinajstić information content (AvgIpc) is 2.53. The molecule has 0 saturated heterocycles. The van der Waals surface area contributed by atoms with Gasteiger partial charge in [-0.3, -0.25) is 0 Å². The van der Waals surface area contributed by atoms with E-state index in [-0.39, 0.29) is 12.3 Å². The van der Waals surface area contributed by atoms with Crippen molar-refractivity contribution in [2.45, 2.75) is 44.6 Å². The van der Waals surface area contributed by atoms with Crippen LogP contribution in [-0.4, -0.2) is 22.7 Å². The van der Waals surface area contributed by atoms with Crippen LogP contribution in [0.15, 0.2) is 58.2 Å². The number of alkyl halides is 3. The summed E-state index contributed by atoms with van der Waals surface area (Å²) in [5, 5.41) is 18.6. The third-order valence-electron chi connectivity index (χ3n) is 4.81. The number of allylic oxidation sites excluding steroid dienone is 9. The van der Waals surface area contributed by atoms with Crippen LogP contribution in [0.4, 0.5) is 13.2 Å². The van der Waals surface area contributed by atoms with E-state index in [1.54, 1.807) is 12.2 Å². The first kappa shape index (κ1) is 16.3. The molecule has 0 aromatic rings. The van der Waals surface area contributed by atoms with Gasteiger partial charge in [-0.1, -0.05) is 41.5 Å². The molecule has 0 saturated carbocycles. The van der Waals surface area contributed by atoms with Gasteiger partial charge < -0.3 is 10.2 Å². The molecule has 1 unspecified atom stereocenters. The van der Waals surface area contributed by atoms with Crippen LogP contribution in [0.25, 0.3) is 0 Å². The first-order valence-corrected chi connectivity index (χ1v) is 7.79. The molecule has 0 amide bonds. The van der Waals surface area contributed by atoms with E-state index < -0.39 is 18.0 Å². The molecule has 2 nitrogen and oxygen atoms in total. The summed E-state index contributed by atoms with van der Waals surface area (Å²) in [5.74, 6) is 0.134. The molecular formula is C18H19F3O2. The van der Waals surface area contributed by atoms with E-state index in [0.29, 0.717) is 18.4 Å². The number of aliphatic hydroxyl groups excluding tert-OH is 1. The molecule has 124 valence electrons. The molecule has 0 aliphatic heterocycles. The zero-order valence-electron chi connectivity index (χ0n) is 12.6. The van der Waals surface area contributed by atoms with E-state index in [0.717, 1.165) is 24.0 Å².